The second-order valence-electron chi connectivity index (χ2n) is 7.12. The van der Waals surface area contributed by atoms with Crippen molar-refractivity contribution in [1.29, 1.82) is 0 Å². The second-order valence-corrected chi connectivity index (χ2v) is 8.96. The maximum atomic E-state index is 13.5. The maximum Gasteiger partial charge on any atom is 0.244 e. The van der Waals surface area contributed by atoms with Crippen molar-refractivity contribution in [2.75, 3.05) is 20.3 Å². The van der Waals surface area contributed by atoms with E-state index in [0.717, 1.165) is 25.7 Å². The summed E-state index contributed by atoms with van der Waals surface area (Å²) in [4.78, 5) is 12.6. The number of hydrogen-bond donors (Lipinski definition) is 1. The van der Waals surface area contributed by atoms with E-state index in [-0.39, 0.29) is 22.8 Å². The zero-order chi connectivity index (χ0) is 18.3. The quantitative estimate of drug-likeness (QED) is 0.860. The third-order valence-corrected chi connectivity index (χ3v) is 7.60. The first kappa shape index (κ1) is 17.6. The van der Waals surface area contributed by atoms with Gasteiger partial charge in [0.25, 0.3) is 0 Å². The molecule has 142 valence electrons. The number of fused-ring (bicyclic) bond motifs is 2. The molecule has 1 aromatic carbocycles. The van der Waals surface area contributed by atoms with E-state index in [4.69, 9.17) is 9.47 Å². The second kappa shape index (κ2) is 6.74. The molecule has 8 heteroatoms. The predicted molar refractivity (Wildman–Crippen MR) is 94.7 cm³/mol. The van der Waals surface area contributed by atoms with Crippen LogP contribution in [0.4, 0.5) is 0 Å². The SMILES string of the molecule is CNC(=O)[C@@H]1C[C@@H]2CCCC[C@H]2N1S(=O)(=O)c1ccc2c(c1)OCCO2. The highest BCUT2D eigenvalue weighted by Gasteiger charge is 2.50. The van der Waals surface area contributed by atoms with Crippen LogP contribution < -0.4 is 14.8 Å². The molecule has 2 heterocycles. The number of likely N-dealkylation sites (N-methyl/N-ethyl adjacent to an activating group) is 1. The summed E-state index contributed by atoms with van der Waals surface area (Å²) in [5.74, 6) is 1.00. The van der Waals surface area contributed by atoms with Crippen molar-refractivity contribution in [2.45, 2.75) is 49.1 Å². The summed E-state index contributed by atoms with van der Waals surface area (Å²) in [5.41, 5.74) is 0. The molecule has 1 aromatic rings. The van der Waals surface area contributed by atoms with Gasteiger partial charge in [0.1, 0.15) is 19.3 Å². The largest absolute Gasteiger partial charge is 0.486 e. The Morgan fingerprint density at radius 1 is 1.15 bits per heavy atom. The van der Waals surface area contributed by atoms with Crippen LogP contribution in [0.1, 0.15) is 32.1 Å². The lowest BCUT2D eigenvalue weighted by Crippen LogP contribution is -2.48. The van der Waals surface area contributed by atoms with Crippen LogP contribution >= 0.6 is 0 Å². The minimum absolute atomic E-state index is 0.107. The average molecular weight is 380 g/mol. The van der Waals surface area contributed by atoms with Crippen molar-refractivity contribution in [1.82, 2.24) is 9.62 Å². The van der Waals surface area contributed by atoms with Crippen molar-refractivity contribution in [3.8, 4) is 11.5 Å². The van der Waals surface area contributed by atoms with Gasteiger partial charge in [-0.05, 0) is 37.3 Å². The van der Waals surface area contributed by atoms with E-state index < -0.39 is 16.1 Å². The standard InChI is InChI=1S/C18H24N2O5S/c1-19-18(21)15-10-12-4-2-3-5-14(12)20(15)26(22,23)13-6-7-16-17(11-13)25-9-8-24-16/h6-7,11-12,14-15H,2-5,8-10H2,1H3,(H,19,21)/t12-,14+,15-/m0/s1. The maximum absolute atomic E-state index is 13.5. The lowest BCUT2D eigenvalue weighted by Gasteiger charge is -2.32. The Morgan fingerprint density at radius 2 is 1.88 bits per heavy atom. The van der Waals surface area contributed by atoms with Crippen LogP contribution in [-0.4, -0.2) is 51.0 Å². The van der Waals surface area contributed by atoms with E-state index in [9.17, 15) is 13.2 Å². The van der Waals surface area contributed by atoms with Crippen LogP contribution in [-0.2, 0) is 14.8 Å². The first-order valence-electron chi connectivity index (χ1n) is 9.17. The Balaban J connectivity index is 1.73. The molecule has 4 rings (SSSR count). The fraction of sp³-hybridized carbons (Fsp3) is 0.611. The molecule has 1 amide bonds. The van der Waals surface area contributed by atoms with Crippen LogP contribution in [0.2, 0.25) is 0 Å². The van der Waals surface area contributed by atoms with E-state index in [1.165, 1.54) is 10.4 Å². The molecule has 3 atom stereocenters. The van der Waals surface area contributed by atoms with Crippen LogP contribution in [0.25, 0.3) is 0 Å². The number of benzene rings is 1. The van der Waals surface area contributed by atoms with E-state index in [1.807, 2.05) is 0 Å². The van der Waals surface area contributed by atoms with Crippen LogP contribution in [0, 0.1) is 5.92 Å². The van der Waals surface area contributed by atoms with Crippen molar-refractivity contribution in [3.63, 3.8) is 0 Å². The highest BCUT2D eigenvalue weighted by atomic mass is 32.2. The minimum atomic E-state index is -3.81. The van der Waals surface area contributed by atoms with Gasteiger partial charge in [-0.1, -0.05) is 12.8 Å². The molecular formula is C18H24N2O5S. The number of nitrogens with zero attached hydrogens (tertiary/aromatic N) is 1. The smallest absolute Gasteiger partial charge is 0.244 e. The Hall–Kier alpha value is -1.80. The van der Waals surface area contributed by atoms with E-state index in [1.54, 1.807) is 19.2 Å². The van der Waals surface area contributed by atoms with Gasteiger partial charge >= 0.3 is 0 Å². The molecule has 1 saturated heterocycles. The van der Waals surface area contributed by atoms with Gasteiger partial charge in [0.2, 0.25) is 15.9 Å². The summed E-state index contributed by atoms with van der Waals surface area (Å²) in [6.45, 7) is 0.847. The molecule has 1 N–H and O–H groups in total. The number of sulfonamides is 1. The molecule has 2 fully saturated rings. The number of carbonyl (C=O) groups excluding carboxylic acids is 1. The van der Waals surface area contributed by atoms with Crippen molar-refractivity contribution >= 4 is 15.9 Å². The van der Waals surface area contributed by atoms with Crippen molar-refractivity contribution < 1.29 is 22.7 Å². The third-order valence-electron chi connectivity index (χ3n) is 5.67. The van der Waals surface area contributed by atoms with Gasteiger partial charge < -0.3 is 14.8 Å². The van der Waals surface area contributed by atoms with Gasteiger partial charge in [0.15, 0.2) is 11.5 Å². The Bertz CT molecular complexity index is 810. The molecule has 0 radical (unpaired) electrons. The third kappa shape index (κ3) is 2.85. The molecule has 0 bridgehead atoms. The van der Waals surface area contributed by atoms with Gasteiger partial charge in [-0.3, -0.25) is 4.79 Å². The summed E-state index contributed by atoms with van der Waals surface area (Å²) in [6, 6.07) is 3.93. The normalized spacial score (nSPS) is 28.4. The van der Waals surface area contributed by atoms with Crippen LogP contribution in [0.5, 0.6) is 11.5 Å². The first-order valence-corrected chi connectivity index (χ1v) is 10.6. The van der Waals surface area contributed by atoms with E-state index in [0.29, 0.717) is 31.1 Å². The van der Waals surface area contributed by atoms with Gasteiger partial charge in [0.05, 0.1) is 4.90 Å². The molecule has 1 aliphatic carbocycles. The summed E-state index contributed by atoms with van der Waals surface area (Å²) >= 11 is 0. The predicted octanol–water partition coefficient (Wildman–Crippen LogP) is 1.53. The summed E-state index contributed by atoms with van der Waals surface area (Å²) in [5, 5.41) is 2.63. The summed E-state index contributed by atoms with van der Waals surface area (Å²) in [6.07, 6.45) is 4.47. The number of nitrogens with one attached hydrogen (secondary N) is 1. The number of amides is 1. The van der Waals surface area contributed by atoms with Crippen LogP contribution in [0.3, 0.4) is 0 Å². The summed E-state index contributed by atoms with van der Waals surface area (Å²) < 4.78 is 39.4. The molecular weight excluding hydrogens is 356 g/mol. The average Bonchev–Trinajstić information content (AvgIpc) is 3.07. The fourth-order valence-electron chi connectivity index (χ4n) is 4.46. The number of hydrogen-bond acceptors (Lipinski definition) is 5. The fourth-order valence-corrected chi connectivity index (χ4v) is 6.35. The Morgan fingerprint density at radius 3 is 2.65 bits per heavy atom. The molecule has 3 aliphatic rings. The number of carbonyl (C=O) groups is 1. The van der Waals surface area contributed by atoms with Crippen LogP contribution in [0.15, 0.2) is 23.1 Å². The molecule has 26 heavy (non-hydrogen) atoms. The van der Waals surface area contributed by atoms with Gasteiger partial charge in [0, 0.05) is 19.2 Å². The summed E-state index contributed by atoms with van der Waals surface area (Å²) in [7, 11) is -2.26. The molecule has 2 aliphatic heterocycles. The highest BCUT2D eigenvalue weighted by molar-refractivity contribution is 7.89. The number of rotatable bonds is 3. The highest BCUT2D eigenvalue weighted by Crippen LogP contribution is 2.43. The van der Waals surface area contributed by atoms with Crippen molar-refractivity contribution in [2.24, 2.45) is 5.92 Å². The molecule has 7 nitrogen and oxygen atoms in total. The molecule has 0 aromatic heterocycles. The lowest BCUT2D eigenvalue weighted by molar-refractivity contribution is -0.123. The van der Waals surface area contributed by atoms with E-state index >= 15 is 0 Å². The van der Waals surface area contributed by atoms with Gasteiger partial charge in [-0.15, -0.1) is 0 Å². The first-order chi connectivity index (χ1) is 12.5. The Labute approximate surface area is 153 Å². The molecule has 1 saturated carbocycles. The Kier molecular flexibility index (Phi) is 4.56. The van der Waals surface area contributed by atoms with E-state index in [2.05, 4.69) is 5.32 Å². The monoisotopic (exact) mass is 380 g/mol. The molecule has 0 spiro atoms. The lowest BCUT2D eigenvalue weighted by atomic mass is 9.85. The number of ether oxygens (including phenoxy) is 2. The molecule has 0 unspecified atom stereocenters. The zero-order valence-electron chi connectivity index (χ0n) is 14.8. The van der Waals surface area contributed by atoms with Crippen molar-refractivity contribution in [3.05, 3.63) is 18.2 Å². The minimum Gasteiger partial charge on any atom is -0.486 e. The topological polar surface area (TPSA) is 84.9 Å². The van der Waals surface area contributed by atoms with Gasteiger partial charge in [-0.25, -0.2) is 8.42 Å². The zero-order valence-corrected chi connectivity index (χ0v) is 15.6. The van der Waals surface area contributed by atoms with Gasteiger partial charge in [-0.2, -0.15) is 4.31 Å².